The Hall–Kier alpha value is -1.85. The van der Waals surface area contributed by atoms with Gasteiger partial charge in [-0.15, -0.1) is 0 Å². The highest BCUT2D eigenvalue weighted by Crippen LogP contribution is 2.22. The second-order valence-corrected chi connectivity index (χ2v) is 7.02. The smallest absolute Gasteiger partial charge is 0.242 e. The molecule has 3 N–H and O–H groups in total. The van der Waals surface area contributed by atoms with E-state index in [2.05, 4.69) is 4.72 Å². The van der Waals surface area contributed by atoms with Crippen LogP contribution in [0.3, 0.4) is 0 Å². The first-order valence-electron chi connectivity index (χ1n) is 6.71. The molecule has 0 saturated carbocycles. The quantitative estimate of drug-likeness (QED) is 0.853. The molecule has 0 aromatic heterocycles. The minimum Gasteiger partial charge on any atom is -0.398 e. The molecule has 21 heavy (non-hydrogen) atoms. The average Bonchev–Trinajstić information content (AvgIpc) is 2.42. The summed E-state index contributed by atoms with van der Waals surface area (Å²) >= 11 is 0. The molecule has 0 bridgehead atoms. The molecule has 2 aromatic carbocycles. The Bertz CT molecular complexity index is 751. The van der Waals surface area contributed by atoms with Gasteiger partial charge in [0.1, 0.15) is 4.90 Å². The average molecular weight is 304 g/mol. The van der Waals surface area contributed by atoms with Crippen LogP contribution in [0.15, 0.2) is 41.3 Å². The zero-order chi connectivity index (χ0) is 15.6. The molecule has 5 heteroatoms. The minimum atomic E-state index is -3.61. The number of rotatable bonds is 4. The van der Waals surface area contributed by atoms with Gasteiger partial charge < -0.3 is 5.73 Å². The van der Waals surface area contributed by atoms with Crippen LogP contribution in [0, 0.1) is 20.8 Å². The molecule has 112 valence electrons. The molecule has 0 unspecified atom stereocenters. The van der Waals surface area contributed by atoms with E-state index in [-0.39, 0.29) is 17.1 Å². The number of aryl methyl sites for hydroxylation is 3. The maximum Gasteiger partial charge on any atom is 0.242 e. The van der Waals surface area contributed by atoms with Crippen molar-refractivity contribution in [2.75, 3.05) is 5.73 Å². The first-order valence-corrected chi connectivity index (χ1v) is 8.20. The van der Waals surface area contributed by atoms with Gasteiger partial charge in [0.2, 0.25) is 10.0 Å². The molecule has 0 aliphatic heterocycles. The number of nitrogens with two attached hydrogens (primary N) is 1. The van der Waals surface area contributed by atoms with E-state index in [1.807, 2.05) is 45.0 Å². The summed E-state index contributed by atoms with van der Waals surface area (Å²) in [5, 5.41) is 0. The van der Waals surface area contributed by atoms with Gasteiger partial charge in [0, 0.05) is 6.54 Å². The first kappa shape index (κ1) is 15.5. The van der Waals surface area contributed by atoms with Crippen molar-refractivity contribution in [3.63, 3.8) is 0 Å². The van der Waals surface area contributed by atoms with Crippen LogP contribution in [0.4, 0.5) is 5.69 Å². The molecule has 2 rings (SSSR count). The molecule has 0 saturated heterocycles. The SMILES string of the molecule is Cc1ccc(CNS(=O)(=O)c2cc(C)c(C)cc2N)cc1. The summed E-state index contributed by atoms with van der Waals surface area (Å²) in [4.78, 5) is 0.137. The zero-order valence-corrected chi connectivity index (χ0v) is 13.3. The third-order valence-electron chi connectivity index (χ3n) is 3.50. The third kappa shape index (κ3) is 3.62. The molecule has 0 atom stereocenters. The van der Waals surface area contributed by atoms with Crippen LogP contribution in [0.2, 0.25) is 0 Å². The predicted octanol–water partition coefficient (Wildman–Crippen LogP) is 2.67. The Balaban J connectivity index is 2.22. The highest BCUT2D eigenvalue weighted by Gasteiger charge is 2.18. The fraction of sp³-hybridized carbons (Fsp3) is 0.250. The molecule has 0 heterocycles. The van der Waals surface area contributed by atoms with Crippen LogP contribution in [0.5, 0.6) is 0 Å². The van der Waals surface area contributed by atoms with Crippen LogP contribution >= 0.6 is 0 Å². The Morgan fingerprint density at radius 1 is 1.00 bits per heavy atom. The van der Waals surface area contributed by atoms with Gasteiger partial charge >= 0.3 is 0 Å². The second-order valence-electron chi connectivity index (χ2n) is 5.28. The van der Waals surface area contributed by atoms with Crippen molar-refractivity contribution in [3.8, 4) is 0 Å². The number of nitrogen functional groups attached to an aromatic ring is 1. The summed E-state index contributed by atoms with van der Waals surface area (Å²) in [6, 6.07) is 11.0. The van der Waals surface area contributed by atoms with E-state index in [0.717, 1.165) is 22.3 Å². The van der Waals surface area contributed by atoms with Gasteiger partial charge in [-0.25, -0.2) is 13.1 Å². The lowest BCUT2D eigenvalue weighted by Gasteiger charge is -2.11. The number of nitrogens with one attached hydrogen (secondary N) is 1. The molecule has 0 aliphatic carbocycles. The number of sulfonamides is 1. The van der Waals surface area contributed by atoms with E-state index in [0.29, 0.717) is 0 Å². The van der Waals surface area contributed by atoms with Crippen LogP contribution in [-0.2, 0) is 16.6 Å². The summed E-state index contributed by atoms with van der Waals surface area (Å²) in [5.41, 5.74) is 10.0. The van der Waals surface area contributed by atoms with Gasteiger partial charge in [0.05, 0.1) is 5.69 Å². The molecule has 0 spiro atoms. The number of anilines is 1. The predicted molar refractivity (Wildman–Crippen MR) is 85.5 cm³/mol. The van der Waals surface area contributed by atoms with E-state index in [4.69, 9.17) is 5.73 Å². The van der Waals surface area contributed by atoms with Crippen molar-refractivity contribution in [2.45, 2.75) is 32.2 Å². The Labute approximate surface area is 126 Å². The maximum atomic E-state index is 12.4. The minimum absolute atomic E-state index is 0.137. The molecule has 0 radical (unpaired) electrons. The number of benzene rings is 2. The van der Waals surface area contributed by atoms with Crippen molar-refractivity contribution < 1.29 is 8.42 Å². The zero-order valence-electron chi connectivity index (χ0n) is 12.5. The van der Waals surface area contributed by atoms with Gasteiger partial charge in [0.15, 0.2) is 0 Å². The monoisotopic (exact) mass is 304 g/mol. The first-order chi connectivity index (χ1) is 9.79. The van der Waals surface area contributed by atoms with E-state index in [1.54, 1.807) is 12.1 Å². The lowest BCUT2D eigenvalue weighted by atomic mass is 10.1. The summed E-state index contributed by atoms with van der Waals surface area (Å²) in [5.74, 6) is 0. The highest BCUT2D eigenvalue weighted by molar-refractivity contribution is 7.89. The van der Waals surface area contributed by atoms with Crippen molar-refractivity contribution in [2.24, 2.45) is 0 Å². The van der Waals surface area contributed by atoms with E-state index in [9.17, 15) is 8.42 Å². The molecule has 2 aromatic rings. The van der Waals surface area contributed by atoms with Gasteiger partial charge in [-0.3, -0.25) is 0 Å². The molecule has 0 amide bonds. The van der Waals surface area contributed by atoms with Gasteiger partial charge in [-0.05, 0) is 49.6 Å². The third-order valence-corrected chi connectivity index (χ3v) is 4.96. The molecular weight excluding hydrogens is 284 g/mol. The number of hydrogen-bond acceptors (Lipinski definition) is 3. The fourth-order valence-corrected chi connectivity index (χ4v) is 3.22. The standard InChI is InChI=1S/C16H20N2O2S/c1-11-4-6-14(7-5-11)10-18-21(19,20)16-9-13(3)12(2)8-15(16)17/h4-9,18H,10,17H2,1-3H3. The van der Waals surface area contributed by atoms with E-state index in [1.165, 1.54) is 0 Å². The lowest BCUT2D eigenvalue weighted by molar-refractivity contribution is 0.581. The topological polar surface area (TPSA) is 72.2 Å². The van der Waals surface area contributed by atoms with E-state index >= 15 is 0 Å². The van der Waals surface area contributed by atoms with Crippen molar-refractivity contribution >= 4 is 15.7 Å². The van der Waals surface area contributed by atoms with Crippen molar-refractivity contribution in [3.05, 3.63) is 58.7 Å². The molecule has 4 nitrogen and oxygen atoms in total. The summed E-state index contributed by atoms with van der Waals surface area (Å²) in [6.07, 6.45) is 0. The van der Waals surface area contributed by atoms with Crippen LogP contribution in [-0.4, -0.2) is 8.42 Å². The van der Waals surface area contributed by atoms with Gasteiger partial charge in [-0.1, -0.05) is 29.8 Å². The maximum absolute atomic E-state index is 12.4. The second kappa shape index (κ2) is 5.87. The Morgan fingerprint density at radius 2 is 1.57 bits per heavy atom. The largest absolute Gasteiger partial charge is 0.398 e. The van der Waals surface area contributed by atoms with Crippen molar-refractivity contribution in [1.29, 1.82) is 0 Å². The summed E-state index contributed by atoms with van der Waals surface area (Å²) < 4.78 is 27.3. The van der Waals surface area contributed by atoms with Crippen LogP contribution < -0.4 is 10.5 Å². The lowest BCUT2D eigenvalue weighted by Crippen LogP contribution is -2.24. The molecule has 0 aliphatic rings. The molecular formula is C16H20N2O2S. The summed E-state index contributed by atoms with van der Waals surface area (Å²) in [7, 11) is -3.61. The van der Waals surface area contributed by atoms with Crippen LogP contribution in [0.25, 0.3) is 0 Å². The normalized spacial score (nSPS) is 11.6. The fourth-order valence-electron chi connectivity index (χ4n) is 2.01. The summed E-state index contributed by atoms with van der Waals surface area (Å²) in [6.45, 7) is 6.01. The number of hydrogen-bond donors (Lipinski definition) is 2. The Morgan fingerprint density at radius 3 is 2.19 bits per heavy atom. The van der Waals surface area contributed by atoms with Crippen LogP contribution in [0.1, 0.15) is 22.3 Å². The highest BCUT2D eigenvalue weighted by atomic mass is 32.2. The van der Waals surface area contributed by atoms with Gasteiger partial charge in [0.25, 0.3) is 0 Å². The van der Waals surface area contributed by atoms with Gasteiger partial charge in [-0.2, -0.15) is 0 Å². The van der Waals surface area contributed by atoms with E-state index < -0.39 is 10.0 Å². The van der Waals surface area contributed by atoms with Crippen molar-refractivity contribution in [1.82, 2.24) is 4.72 Å². The Kier molecular flexibility index (Phi) is 4.34. The molecule has 0 fully saturated rings.